The van der Waals surface area contributed by atoms with Crippen LogP contribution in [0.15, 0.2) is 23.2 Å². The van der Waals surface area contributed by atoms with Crippen LogP contribution >= 0.6 is 11.6 Å². The van der Waals surface area contributed by atoms with Gasteiger partial charge >= 0.3 is 6.09 Å². The first kappa shape index (κ1) is 28.5. The van der Waals surface area contributed by atoms with Gasteiger partial charge in [-0.1, -0.05) is 44.5 Å². The van der Waals surface area contributed by atoms with Gasteiger partial charge in [0, 0.05) is 0 Å². The number of aliphatic imine (C=N–C) groups is 1. The number of hydrogen-bond acceptors (Lipinski definition) is 5. The van der Waals surface area contributed by atoms with Crippen LogP contribution in [0.25, 0.3) is 0 Å². The SMILES string of the molecule is CC(C)(C)OC(=O)N=C1N[C@](C)(c2cccc(N)c2Cl)CC(=O)N1CC1(O[Si](C)(C)C(C)(C)C)CC1. The van der Waals surface area contributed by atoms with Gasteiger partial charge in [0.15, 0.2) is 8.32 Å². The number of hydrogen-bond donors (Lipinski definition) is 2. The second kappa shape index (κ2) is 9.33. The number of ether oxygens (including phenoxy) is 1. The second-order valence-corrected chi connectivity index (χ2v) is 17.9. The standard InChI is InChI=1S/C26H41ClN4O4Si/c1-23(2,3)34-22(33)29-21-30-25(7,17-11-10-12-18(28)20(17)27)15-19(32)31(21)16-26(13-14-26)35-36(8,9)24(4,5)6/h10-12H,13-16,28H2,1-9H3,(H,29,30,33)/t25-/m0/s1. The number of nitrogens with zero attached hydrogens (tertiary/aromatic N) is 2. The fourth-order valence-electron chi connectivity index (χ4n) is 4.05. The van der Waals surface area contributed by atoms with Crippen LogP contribution in [0.1, 0.15) is 73.3 Å². The van der Waals surface area contributed by atoms with Crippen molar-refractivity contribution < 1.29 is 18.8 Å². The molecule has 36 heavy (non-hydrogen) atoms. The minimum Gasteiger partial charge on any atom is -0.442 e. The van der Waals surface area contributed by atoms with Crippen LogP contribution in [-0.2, 0) is 19.5 Å². The quantitative estimate of drug-likeness (QED) is 0.363. The van der Waals surface area contributed by atoms with E-state index >= 15 is 0 Å². The first-order valence-corrected chi connectivity index (χ1v) is 15.7. The molecule has 0 radical (unpaired) electrons. The summed E-state index contributed by atoms with van der Waals surface area (Å²) in [6.07, 6.45) is 1.03. The van der Waals surface area contributed by atoms with E-state index in [4.69, 9.17) is 26.5 Å². The van der Waals surface area contributed by atoms with Gasteiger partial charge in [-0.3, -0.25) is 9.69 Å². The lowest BCUT2D eigenvalue weighted by molar-refractivity contribution is -0.131. The molecule has 1 aromatic carbocycles. The van der Waals surface area contributed by atoms with Crippen LogP contribution in [0.3, 0.4) is 0 Å². The normalized spacial score (nSPS) is 23.4. The fourth-order valence-corrected chi connectivity index (χ4v) is 6.04. The Balaban J connectivity index is 1.97. The van der Waals surface area contributed by atoms with Gasteiger partial charge in [0.25, 0.3) is 0 Å². The topological polar surface area (TPSA) is 106 Å². The van der Waals surface area contributed by atoms with E-state index in [1.54, 1.807) is 32.9 Å². The molecule has 1 atom stereocenters. The molecule has 0 unspecified atom stereocenters. The molecule has 0 spiro atoms. The molecule has 3 rings (SSSR count). The number of rotatable bonds is 5. The number of guanidine groups is 1. The molecule has 1 heterocycles. The van der Waals surface area contributed by atoms with E-state index in [0.29, 0.717) is 22.8 Å². The summed E-state index contributed by atoms with van der Waals surface area (Å²) in [5.74, 6) is -0.0475. The van der Waals surface area contributed by atoms with Gasteiger partial charge in [0.2, 0.25) is 11.9 Å². The van der Waals surface area contributed by atoms with Crippen LogP contribution in [0.2, 0.25) is 23.2 Å². The molecule has 8 nitrogen and oxygen atoms in total. The Kier molecular flexibility index (Phi) is 7.38. The zero-order chi connectivity index (χ0) is 27.3. The molecule has 0 aromatic heterocycles. The van der Waals surface area contributed by atoms with Gasteiger partial charge in [0.1, 0.15) is 5.60 Å². The maximum absolute atomic E-state index is 13.7. The van der Waals surface area contributed by atoms with Gasteiger partial charge in [0.05, 0.1) is 34.8 Å². The summed E-state index contributed by atoms with van der Waals surface area (Å²) in [6.45, 7) is 18.5. The first-order valence-electron chi connectivity index (χ1n) is 12.4. The van der Waals surface area contributed by atoms with Crippen LogP contribution in [-0.4, -0.2) is 48.9 Å². The Morgan fingerprint density at radius 2 is 1.83 bits per heavy atom. The Morgan fingerprint density at radius 3 is 2.36 bits per heavy atom. The Hall–Kier alpha value is -2.10. The minimum absolute atomic E-state index is 0.0305. The maximum atomic E-state index is 13.7. The predicted octanol–water partition coefficient (Wildman–Crippen LogP) is 5.80. The number of carbonyl (C=O) groups excluding carboxylic acids is 2. The van der Waals surface area contributed by atoms with Gasteiger partial charge in [-0.05, 0) is 70.3 Å². The van der Waals surface area contributed by atoms with Gasteiger partial charge in [-0.25, -0.2) is 4.79 Å². The zero-order valence-electron chi connectivity index (χ0n) is 23.0. The largest absolute Gasteiger partial charge is 0.442 e. The predicted molar refractivity (Wildman–Crippen MR) is 147 cm³/mol. The Labute approximate surface area is 221 Å². The molecule has 2 amide bonds. The fraction of sp³-hybridized carbons (Fsp3) is 0.654. The molecule has 1 aliphatic heterocycles. The summed E-state index contributed by atoms with van der Waals surface area (Å²) in [5.41, 5.74) is 5.03. The smallest absolute Gasteiger partial charge is 0.437 e. The van der Waals surface area contributed by atoms with Crippen molar-refractivity contribution in [2.45, 2.75) is 103 Å². The number of nitrogen functional groups attached to an aromatic ring is 1. The molecule has 1 aromatic rings. The van der Waals surface area contributed by atoms with Crippen molar-refractivity contribution >= 4 is 43.6 Å². The van der Waals surface area contributed by atoms with Gasteiger partial charge < -0.3 is 20.2 Å². The molecule has 1 saturated heterocycles. The summed E-state index contributed by atoms with van der Waals surface area (Å²) in [5, 5.41) is 3.72. The molecule has 10 heteroatoms. The number of halogens is 1. The molecule has 0 bridgehead atoms. The lowest BCUT2D eigenvalue weighted by atomic mass is 9.86. The third kappa shape index (κ3) is 6.23. The highest BCUT2D eigenvalue weighted by atomic mass is 35.5. The van der Waals surface area contributed by atoms with Gasteiger partial charge in [-0.15, -0.1) is 4.99 Å². The van der Waals surface area contributed by atoms with E-state index in [1.165, 1.54) is 4.90 Å². The molecule has 3 N–H and O–H groups in total. The molecule has 200 valence electrons. The van der Waals surface area contributed by atoms with E-state index in [2.05, 4.69) is 44.2 Å². The number of amides is 2. The lowest BCUT2D eigenvalue weighted by Crippen LogP contribution is -2.62. The highest BCUT2D eigenvalue weighted by Crippen LogP contribution is 2.48. The lowest BCUT2D eigenvalue weighted by Gasteiger charge is -2.44. The highest BCUT2D eigenvalue weighted by molar-refractivity contribution is 6.74. The molecular formula is C26H41ClN4O4Si. The number of nitrogens with two attached hydrogens (primary N) is 1. The molecule has 1 saturated carbocycles. The average molecular weight is 537 g/mol. The van der Waals surface area contributed by atoms with E-state index in [-0.39, 0.29) is 23.3 Å². The van der Waals surface area contributed by atoms with E-state index < -0.39 is 31.2 Å². The Morgan fingerprint density at radius 1 is 1.22 bits per heavy atom. The van der Waals surface area contributed by atoms with E-state index in [9.17, 15) is 9.59 Å². The van der Waals surface area contributed by atoms with Crippen LogP contribution in [0.5, 0.6) is 0 Å². The van der Waals surface area contributed by atoms with Crippen LogP contribution in [0, 0.1) is 0 Å². The first-order chi connectivity index (χ1) is 16.3. The van der Waals surface area contributed by atoms with Crippen molar-refractivity contribution in [3.8, 4) is 0 Å². The summed E-state index contributed by atoms with van der Waals surface area (Å²) < 4.78 is 12.2. The molecular weight excluding hydrogens is 496 g/mol. The van der Waals surface area contributed by atoms with E-state index in [0.717, 1.165) is 12.8 Å². The number of anilines is 1. The van der Waals surface area contributed by atoms with Crippen LogP contribution < -0.4 is 11.1 Å². The average Bonchev–Trinajstić information content (AvgIpc) is 3.43. The van der Waals surface area contributed by atoms with Crippen molar-refractivity contribution in [1.82, 2.24) is 10.2 Å². The molecule has 2 aliphatic rings. The summed E-state index contributed by atoms with van der Waals surface area (Å²) in [6, 6.07) is 5.32. The summed E-state index contributed by atoms with van der Waals surface area (Å²) >= 11 is 6.54. The number of carbonyl (C=O) groups is 2. The second-order valence-electron chi connectivity index (χ2n) is 12.8. The van der Waals surface area contributed by atoms with E-state index in [1.807, 2.05) is 13.0 Å². The minimum atomic E-state index is -2.09. The third-order valence-electron chi connectivity index (χ3n) is 7.19. The van der Waals surface area contributed by atoms with Crippen molar-refractivity contribution in [3.05, 3.63) is 28.8 Å². The third-order valence-corrected chi connectivity index (χ3v) is 12.2. The zero-order valence-corrected chi connectivity index (χ0v) is 24.8. The number of benzene rings is 1. The van der Waals surface area contributed by atoms with Crippen molar-refractivity contribution in [2.75, 3.05) is 12.3 Å². The van der Waals surface area contributed by atoms with Crippen molar-refractivity contribution in [3.63, 3.8) is 0 Å². The van der Waals surface area contributed by atoms with Crippen LogP contribution in [0.4, 0.5) is 10.5 Å². The highest BCUT2D eigenvalue weighted by Gasteiger charge is 2.54. The number of nitrogens with one attached hydrogen (secondary N) is 1. The van der Waals surface area contributed by atoms with Gasteiger partial charge in [-0.2, -0.15) is 0 Å². The summed E-state index contributed by atoms with van der Waals surface area (Å²) in [4.78, 5) is 32.1. The van der Waals surface area contributed by atoms with Crippen molar-refractivity contribution in [2.24, 2.45) is 4.99 Å². The Bertz CT molecular complexity index is 1070. The summed E-state index contributed by atoms with van der Waals surface area (Å²) in [7, 11) is -2.09. The maximum Gasteiger partial charge on any atom is 0.437 e. The molecule has 1 aliphatic carbocycles. The van der Waals surface area contributed by atoms with Crippen molar-refractivity contribution in [1.29, 1.82) is 0 Å². The molecule has 2 fully saturated rings. The monoisotopic (exact) mass is 536 g/mol.